The van der Waals surface area contributed by atoms with Gasteiger partial charge in [-0.15, -0.1) is 0 Å². The Bertz CT molecular complexity index is 740. The predicted molar refractivity (Wildman–Crippen MR) is 92.2 cm³/mol. The summed E-state index contributed by atoms with van der Waals surface area (Å²) >= 11 is 0. The maximum Gasteiger partial charge on any atom is 0.225 e. The third-order valence-corrected chi connectivity index (χ3v) is 4.18. The molecule has 1 atom stereocenters. The van der Waals surface area contributed by atoms with Crippen LogP contribution in [0, 0.1) is 0 Å². The van der Waals surface area contributed by atoms with Gasteiger partial charge in [0.2, 0.25) is 5.91 Å². The van der Waals surface area contributed by atoms with Crippen LogP contribution in [-0.2, 0) is 4.79 Å². The highest BCUT2D eigenvalue weighted by atomic mass is 16.5. The zero-order chi connectivity index (χ0) is 17.1. The molecule has 126 valence electrons. The number of anilines is 1. The van der Waals surface area contributed by atoms with Gasteiger partial charge in [0.25, 0.3) is 0 Å². The van der Waals surface area contributed by atoms with Gasteiger partial charge in [-0.2, -0.15) is 0 Å². The van der Waals surface area contributed by atoms with Crippen molar-refractivity contribution in [1.82, 2.24) is 0 Å². The highest BCUT2D eigenvalue weighted by Crippen LogP contribution is 2.44. The quantitative estimate of drug-likeness (QED) is 0.912. The van der Waals surface area contributed by atoms with Gasteiger partial charge in [-0.25, -0.2) is 0 Å². The molecule has 1 N–H and O–H groups in total. The highest BCUT2D eigenvalue weighted by molar-refractivity contribution is 5.96. The molecule has 0 bridgehead atoms. The van der Waals surface area contributed by atoms with Gasteiger partial charge in [-0.05, 0) is 24.6 Å². The summed E-state index contributed by atoms with van der Waals surface area (Å²) in [6, 6.07) is 11.5. The Labute approximate surface area is 141 Å². The topological polar surface area (TPSA) is 56.8 Å². The van der Waals surface area contributed by atoms with E-state index in [4.69, 9.17) is 14.2 Å². The first-order chi connectivity index (χ1) is 11.7. The molecule has 1 amide bonds. The number of hydrogen-bond donors (Lipinski definition) is 1. The Hall–Kier alpha value is -2.69. The lowest BCUT2D eigenvalue weighted by molar-refractivity contribution is -0.116. The molecule has 0 aromatic heterocycles. The average molecular weight is 327 g/mol. The number of carbonyl (C=O) groups excluding carboxylic acids is 1. The van der Waals surface area contributed by atoms with Crippen LogP contribution in [0.25, 0.3) is 0 Å². The molecular weight excluding hydrogens is 306 g/mol. The molecule has 0 saturated heterocycles. The standard InChI is InChI=1S/C19H21NO4/c1-4-24-13-7-5-12(6-8-13)15-11-18(21)20-16-9-14(22-2)10-17(23-3)19(15)16/h5-10,15H,4,11H2,1-3H3,(H,20,21)/t15-/m1/s1. The zero-order valence-corrected chi connectivity index (χ0v) is 14.1. The first-order valence-electron chi connectivity index (χ1n) is 7.94. The summed E-state index contributed by atoms with van der Waals surface area (Å²) in [4.78, 5) is 12.2. The van der Waals surface area contributed by atoms with Crippen molar-refractivity contribution in [2.45, 2.75) is 19.3 Å². The minimum Gasteiger partial charge on any atom is -0.497 e. The Balaban J connectivity index is 2.06. The van der Waals surface area contributed by atoms with Gasteiger partial charge in [-0.1, -0.05) is 12.1 Å². The summed E-state index contributed by atoms with van der Waals surface area (Å²) < 4.78 is 16.3. The second-order valence-corrected chi connectivity index (χ2v) is 5.60. The van der Waals surface area contributed by atoms with E-state index in [1.165, 1.54) is 0 Å². The van der Waals surface area contributed by atoms with Crippen molar-refractivity contribution in [2.24, 2.45) is 0 Å². The van der Waals surface area contributed by atoms with Crippen LogP contribution >= 0.6 is 0 Å². The highest BCUT2D eigenvalue weighted by Gasteiger charge is 2.30. The molecule has 1 aliphatic heterocycles. The molecule has 5 heteroatoms. The van der Waals surface area contributed by atoms with Gasteiger partial charge < -0.3 is 19.5 Å². The van der Waals surface area contributed by atoms with Crippen molar-refractivity contribution in [1.29, 1.82) is 0 Å². The Morgan fingerprint density at radius 2 is 1.83 bits per heavy atom. The van der Waals surface area contributed by atoms with E-state index in [1.54, 1.807) is 14.2 Å². The molecule has 3 rings (SSSR count). The van der Waals surface area contributed by atoms with Gasteiger partial charge in [0.15, 0.2) is 0 Å². The summed E-state index contributed by atoms with van der Waals surface area (Å²) in [5.74, 6) is 2.10. The number of ether oxygens (including phenoxy) is 3. The van der Waals surface area contributed by atoms with Crippen LogP contribution in [0.3, 0.4) is 0 Å². The fourth-order valence-corrected chi connectivity index (χ4v) is 3.09. The van der Waals surface area contributed by atoms with Crippen LogP contribution in [0.5, 0.6) is 17.2 Å². The molecule has 0 aliphatic carbocycles. The number of nitrogens with one attached hydrogen (secondary N) is 1. The average Bonchev–Trinajstić information content (AvgIpc) is 2.60. The summed E-state index contributed by atoms with van der Waals surface area (Å²) in [7, 11) is 3.22. The Kier molecular flexibility index (Phi) is 4.60. The Morgan fingerprint density at radius 3 is 2.46 bits per heavy atom. The monoisotopic (exact) mass is 327 g/mol. The van der Waals surface area contributed by atoms with E-state index in [2.05, 4.69) is 5.32 Å². The van der Waals surface area contributed by atoms with Gasteiger partial charge in [0.1, 0.15) is 17.2 Å². The van der Waals surface area contributed by atoms with E-state index in [-0.39, 0.29) is 11.8 Å². The van der Waals surface area contributed by atoms with Crippen molar-refractivity contribution in [2.75, 3.05) is 26.1 Å². The molecule has 0 spiro atoms. The van der Waals surface area contributed by atoms with Gasteiger partial charge in [0.05, 0.1) is 26.5 Å². The maximum absolute atomic E-state index is 12.2. The Morgan fingerprint density at radius 1 is 1.08 bits per heavy atom. The van der Waals surface area contributed by atoms with Crippen molar-refractivity contribution >= 4 is 11.6 Å². The van der Waals surface area contributed by atoms with Gasteiger partial charge in [-0.3, -0.25) is 4.79 Å². The molecule has 2 aromatic rings. The fraction of sp³-hybridized carbons (Fsp3) is 0.316. The molecular formula is C19H21NO4. The molecule has 1 heterocycles. The first-order valence-corrected chi connectivity index (χ1v) is 7.94. The summed E-state index contributed by atoms with van der Waals surface area (Å²) in [5, 5.41) is 2.92. The number of benzene rings is 2. The SMILES string of the molecule is CCOc1ccc([C@H]2CC(=O)Nc3cc(OC)cc(OC)c32)cc1. The first kappa shape index (κ1) is 16.2. The van der Waals surface area contributed by atoms with Gasteiger partial charge >= 0.3 is 0 Å². The number of carbonyl (C=O) groups is 1. The largest absolute Gasteiger partial charge is 0.497 e. The van der Waals surface area contributed by atoms with Crippen LogP contribution in [-0.4, -0.2) is 26.7 Å². The molecule has 0 saturated carbocycles. The smallest absolute Gasteiger partial charge is 0.225 e. The fourth-order valence-electron chi connectivity index (χ4n) is 3.09. The van der Waals surface area contributed by atoms with Crippen LogP contribution in [0.1, 0.15) is 30.4 Å². The van der Waals surface area contributed by atoms with Crippen molar-refractivity contribution in [3.63, 3.8) is 0 Å². The summed E-state index contributed by atoms with van der Waals surface area (Å²) in [5.41, 5.74) is 2.77. The minimum atomic E-state index is -0.0646. The summed E-state index contributed by atoms with van der Waals surface area (Å²) in [6.07, 6.45) is 0.379. The van der Waals surface area contributed by atoms with E-state index in [9.17, 15) is 4.79 Å². The van der Waals surface area contributed by atoms with Crippen molar-refractivity contribution in [3.8, 4) is 17.2 Å². The number of hydrogen-bond acceptors (Lipinski definition) is 4. The maximum atomic E-state index is 12.2. The predicted octanol–water partition coefficient (Wildman–Crippen LogP) is 3.58. The molecule has 24 heavy (non-hydrogen) atoms. The lowest BCUT2D eigenvalue weighted by atomic mass is 9.84. The number of rotatable bonds is 5. The van der Waals surface area contributed by atoms with Crippen molar-refractivity contribution in [3.05, 3.63) is 47.5 Å². The second-order valence-electron chi connectivity index (χ2n) is 5.60. The normalized spacial score (nSPS) is 16.1. The molecule has 0 radical (unpaired) electrons. The van der Waals surface area contributed by atoms with E-state index in [1.807, 2.05) is 43.3 Å². The third-order valence-electron chi connectivity index (χ3n) is 4.18. The molecule has 1 aliphatic rings. The summed E-state index contributed by atoms with van der Waals surface area (Å²) in [6.45, 7) is 2.58. The van der Waals surface area contributed by atoms with E-state index >= 15 is 0 Å². The molecule has 0 unspecified atom stereocenters. The molecule has 5 nitrogen and oxygen atoms in total. The van der Waals surface area contributed by atoms with Gasteiger partial charge in [0, 0.05) is 30.0 Å². The second kappa shape index (κ2) is 6.83. The van der Waals surface area contributed by atoms with Crippen LogP contribution in [0.4, 0.5) is 5.69 Å². The van der Waals surface area contributed by atoms with E-state index < -0.39 is 0 Å². The molecule has 0 fully saturated rings. The van der Waals surface area contributed by atoms with Crippen LogP contribution in [0.15, 0.2) is 36.4 Å². The van der Waals surface area contributed by atoms with Crippen LogP contribution < -0.4 is 19.5 Å². The molecule has 2 aromatic carbocycles. The lowest BCUT2D eigenvalue weighted by Gasteiger charge is -2.28. The third kappa shape index (κ3) is 3.02. The lowest BCUT2D eigenvalue weighted by Crippen LogP contribution is -2.24. The van der Waals surface area contributed by atoms with Crippen LogP contribution in [0.2, 0.25) is 0 Å². The number of fused-ring (bicyclic) bond motifs is 1. The number of methoxy groups -OCH3 is 2. The zero-order valence-electron chi connectivity index (χ0n) is 14.1. The van der Waals surface area contributed by atoms with E-state index in [0.29, 0.717) is 24.5 Å². The number of amides is 1. The van der Waals surface area contributed by atoms with E-state index in [0.717, 1.165) is 22.6 Å². The van der Waals surface area contributed by atoms with Crippen molar-refractivity contribution < 1.29 is 19.0 Å². The minimum absolute atomic E-state index is 0.0170.